The summed E-state index contributed by atoms with van der Waals surface area (Å²) in [5.41, 5.74) is 0.259. The van der Waals surface area contributed by atoms with Gasteiger partial charge in [-0.1, -0.05) is 0 Å². The van der Waals surface area contributed by atoms with Gasteiger partial charge in [-0.3, -0.25) is 9.59 Å². The molecule has 0 bridgehead atoms. The number of thiophene rings is 1. The fraction of sp³-hybridized carbons (Fsp3) is 0.667. The molecule has 25 heavy (non-hydrogen) atoms. The number of rotatable bonds is 6. The van der Waals surface area contributed by atoms with Gasteiger partial charge >= 0.3 is 0 Å². The molecule has 1 aromatic rings. The SMILES string of the molecule is CO[C@@]12CC[C@H](OCCO)C[C@@H]1N(C(=O)c1csc(C(C)=O)c1)CC2. The van der Waals surface area contributed by atoms with Crippen molar-refractivity contribution in [2.24, 2.45) is 0 Å². The van der Waals surface area contributed by atoms with E-state index in [1.165, 1.54) is 18.3 Å². The van der Waals surface area contributed by atoms with E-state index >= 15 is 0 Å². The van der Waals surface area contributed by atoms with Gasteiger partial charge < -0.3 is 19.5 Å². The molecule has 0 aromatic carbocycles. The van der Waals surface area contributed by atoms with Gasteiger partial charge in [0.15, 0.2) is 5.78 Å². The maximum atomic E-state index is 13.0. The highest BCUT2D eigenvalue weighted by atomic mass is 32.1. The average Bonchev–Trinajstić information content (AvgIpc) is 3.24. The number of nitrogens with zero attached hydrogens (tertiary/aromatic N) is 1. The lowest BCUT2D eigenvalue weighted by molar-refractivity contribution is -0.0992. The topological polar surface area (TPSA) is 76.1 Å². The lowest BCUT2D eigenvalue weighted by Crippen LogP contribution is -2.53. The zero-order valence-corrected chi connectivity index (χ0v) is 15.5. The number of ketones is 1. The van der Waals surface area contributed by atoms with Gasteiger partial charge in [-0.25, -0.2) is 0 Å². The van der Waals surface area contributed by atoms with Crippen LogP contribution in [-0.2, 0) is 9.47 Å². The van der Waals surface area contributed by atoms with Gasteiger partial charge in [0.2, 0.25) is 0 Å². The summed E-state index contributed by atoms with van der Waals surface area (Å²) in [7, 11) is 1.72. The molecule has 3 rings (SSSR count). The van der Waals surface area contributed by atoms with E-state index in [0.717, 1.165) is 19.3 Å². The van der Waals surface area contributed by atoms with Crippen LogP contribution in [0.15, 0.2) is 11.4 Å². The Labute approximate surface area is 151 Å². The Balaban J connectivity index is 1.78. The van der Waals surface area contributed by atoms with E-state index in [-0.39, 0.29) is 36.0 Å². The van der Waals surface area contributed by atoms with Crippen LogP contribution in [-0.4, -0.2) is 66.3 Å². The van der Waals surface area contributed by atoms with E-state index < -0.39 is 0 Å². The van der Waals surface area contributed by atoms with Gasteiger partial charge in [0, 0.05) is 19.0 Å². The number of amides is 1. The molecule has 1 N–H and O–H groups in total. The highest BCUT2D eigenvalue weighted by Crippen LogP contribution is 2.43. The third-order valence-electron chi connectivity index (χ3n) is 5.44. The van der Waals surface area contributed by atoms with Crippen LogP contribution in [0.2, 0.25) is 0 Å². The summed E-state index contributed by atoms with van der Waals surface area (Å²) in [5.74, 6) is -0.0673. The first-order valence-corrected chi connectivity index (χ1v) is 9.57. The number of ether oxygens (including phenoxy) is 2. The molecule has 2 fully saturated rings. The van der Waals surface area contributed by atoms with Crippen molar-refractivity contribution < 1.29 is 24.2 Å². The van der Waals surface area contributed by atoms with Crippen molar-refractivity contribution >= 4 is 23.0 Å². The number of methoxy groups -OCH3 is 1. The van der Waals surface area contributed by atoms with Crippen molar-refractivity contribution in [1.29, 1.82) is 0 Å². The summed E-state index contributed by atoms with van der Waals surface area (Å²) < 4.78 is 11.6. The van der Waals surface area contributed by atoms with Crippen LogP contribution >= 0.6 is 11.3 Å². The summed E-state index contributed by atoms with van der Waals surface area (Å²) in [4.78, 5) is 27.0. The molecule has 1 saturated heterocycles. The van der Waals surface area contributed by atoms with Crippen molar-refractivity contribution in [2.75, 3.05) is 26.9 Å². The summed E-state index contributed by atoms with van der Waals surface area (Å²) in [6.45, 7) is 2.48. The second kappa shape index (κ2) is 7.53. The predicted octanol–water partition coefficient (Wildman–Crippen LogP) is 2.11. The molecular formula is C18H25NO5S. The quantitative estimate of drug-likeness (QED) is 0.780. The number of fused-ring (bicyclic) bond motifs is 1. The fourth-order valence-corrected chi connectivity index (χ4v) is 4.86. The van der Waals surface area contributed by atoms with Crippen molar-refractivity contribution in [3.05, 3.63) is 21.9 Å². The van der Waals surface area contributed by atoms with Crippen LogP contribution in [0.4, 0.5) is 0 Å². The third kappa shape index (κ3) is 3.51. The minimum Gasteiger partial charge on any atom is -0.394 e. The van der Waals surface area contributed by atoms with Crippen LogP contribution in [0.5, 0.6) is 0 Å². The lowest BCUT2D eigenvalue weighted by atomic mass is 9.79. The van der Waals surface area contributed by atoms with Gasteiger partial charge in [0.1, 0.15) is 0 Å². The molecule has 0 radical (unpaired) electrons. The Hall–Kier alpha value is -1.28. The van der Waals surface area contributed by atoms with Crippen LogP contribution in [0.25, 0.3) is 0 Å². The molecule has 2 heterocycles. The number of likely N-dealkylation sites (tertiary alicyclic amines) is 1. The largest absolute Gasteiger partial charge is 0.394 e. The Kier molecular flexibility index (Phi) is 5.58. The van der Waals surface area contributed by atoms with Crippen LogP contribution in [0.3, 0.4) is 0 Å². The third-order valence-corrected chi connectivity index (χ3v) is 6.47. The highest BCUT2D eigenvalue weighted by molar-refractivity contribution is 7.12. The molecule has 1 aliphatic heterocycles. The number of hydrogen-bond acceptors (Lipinski definition) is 6. The van der Waals surface area contributed by atoms with Crippen molar-refractivity contribution in [3.8, 4) is 0 Å². The van der Waals surface area contributed by atoms with Gasteiger partial charge in [0.05, 0.1) is 41.4 Å². The Morgan fingerprint density at radius 1 is 1.44 bits per heavy atom. The van der Waals surface area contributed by atoms with Crippen LogP contribution < -0.4 is 0 Å². The van der Waals surface area contributed by atoms with Gasteiger partial charge in [-0.15, -0.1) is 11.3 Å². The molecular weight excluding hydrogens is 342 g/mol. The number of Topliss-reactive ketones (excluding diaryl/α,β-unsaturated/α-hetero) is 1. The highest BCUT2D eigenvalue weighted by Gasteiger charge is 2.52. The van der Waals surface area contributed by atoms with Gasteiger partial charge in [-0.2, -0.15) is 0 Å². The van der Waals surface area contributed by atoms with E-state index in [2.05, 4.69) is 0 Å². The maximum Gasteiger partial charge on any atom is 0.255 e. The summed E-state index contributed by atoms with van der Waals surface area (Å²) in [6.07, 6.45) is 3.28. The molecule has 1 saturated carbocycles. The van der Waals surface area contributed by atoms with Crippen LogP contribution in [0, 0.1) is 0 Å². The Morgan fingerprint density at radius 3 is 2.88 bits per heavy atom. The maximum absolute atomic E-state index is 13.0. The van der Waals surface area contributed by atoms with Crippen LogP contribution in [0.1, 0.15) is 52.6 Å². The standard InChI is InChI=1S/C18H25NO5S/c1-12(21)15-9-13(11-25-15)17(22)19-6-5-18(23-2)4-3-14(10-16(18)19)24-8-7-20/h9,11,14,16,20H,3-8,10H2,1-2H3/t14-,16-,18+/m0/s1. The number of hydrogen-bond donors (Lipinski definition) is 1. The summed E-state index contributed by atoms with van der Waals surface area (Å²) >= 11 is 1.31. The Bertz CT molecular complexity index is 645. The van der Waals surface area contributed by atoms with Gasteiger partial charge in [-0.05, 0) is 38.7 Å². The zero-order chi connectivity index (χ0) is 18.0. The van der Waals surface area contributed by atoms with Crippen molar-refractivity contribution in [1.82, 2.24) is 4.90 Å². The first-order chi connectivity index (χ1) is 12.0. The molecule has 2 aliphatic rings. The minimum absolute atomic E-state index is 0.00194. The smallest absolute Gasteiger partial charge is 0.255 e. The van der Waals surface area contributed by atoms with E-state index in [0.29, 0.717) is 30.0 Å². The Morgan fingerprint density at radius 2 is 2.24 bits per heavy atom. The molecule has 6 nitrogen and oxygen atoms in total. The number of aliphatic hydroxyl groups excluding tert-OH is 1. The van der Waals surface area contributed by atoms with Crippen molar-refractivity contribution in [2.45, 2.75) is 50.4 Å². The minimum atomic E-state index is -0.311. The number of carbonyl (C=O) groups is 2. The molecule has 1 aromatic heterocycles. The van der Waals surface area contributed by atoms with Crippen molar-refractivity contribution in [3.63, 3.8) is 0 Å². The average molecular weight is 367 g/mol. The monoisotopic (exact) mass is 367 g/mol. The predicted molar refractivity (Wildman–Crippen MR) is 94.2 cm³/mol. The number of aliphatic hydroxyl groups is 1. The van der Waals surface area contributed by atoms with E-state index in [9.17, 15) is 9.59 Å². The zero-order valence-electron chi connectivity index (χ0n) is 14.7. The normalized spacial score (nSPS) is 28.8. The summed E-state index contributed by atoms with van der Waals surface area (Å²) in [5, 5.41) is 10.7. The molecule has 138 valence electrons. The lowest BCUT2D eigenvalue weighted by Gasteiger charge is -2.43. The molecule has 0 unspecified atom stereocenters. The van der Waals surface area contributed by atoms with E-state index in [1.807, 2.05) is 4.90 Å². The first kappa shape index (κ1) is 18.5. The molecule has 1 amide bonds. The second-order valence-corrected chi connectivity index (χ2v) is 7.69. The van der Waals surface area contributed by atoms with Gasteiger partial charge in [0.25, 0.3) is 5.91 Å². The fourth-order valence-electron chi connectivity index (χ4n) is 4.07. The van der Waals surface area contributed by atoms with E-state index in [4.69, 9.17) is 14.6 Å². The summed E-state index contributed by atoms with van der Waals surface area (Å²) in [6, 6.07) is 1.65. The molecule has 1 aliphatic carbocycles. The number of carbonyl (C=O) groups excluding carboxylic acids is 2. The van der Waals surface area contributed by atoms with E-state index in [1.54, 1.807) is 18.6 Å². The molecule has 0 spiro atoms. The molecule has 3 atom stereocenters. The molecule has 7 heteroatoms. The second-order valence-electron chi connectivity index (χ2n) is 6.78. The first-order valence-electron chi connectivity index (χ1n) is 8.69.